The number of H-pyrrole nitrogens is 1. The molecule has 5 rings (SSSR count). The number of benzene rings is 2. The van der Waals surface area contributed by atoms with Crippen molar-refractivity contribution < 1.29 is 9.47 Å². The van der Waals surface area contributed by atoms with Crippen molar-refractivity contribution in [3.05, 3.63) is 65.7 Å². The first-order valence-electron chi connectivity index (χ1n) is 13.3. The molecule has 1 aliphatic rings. The van der Waals surface area contributed by atoms with Gasteiger partial charge < -0.3 is 9.47 Å². The first-order chi connectivity index (χ1) is 18.1. The number of nitrogens with zero attached hydrogens (tertiary/aromatic N) is 6. The van der Waals surface area contributed by atoms with Crippen molar-refractivity contribution in [3.63, 3.8) is 0 Å². The lowest BCUT2D eigenvalue weighted by molar-refractivity contribution is -0.234. The van der Waals surface area contributed by atoms with Gasteiger partial charge in [-0.1, -0.05) is 67.8 Å². The number of aromatic amines is 1. The molecule has 4 aromatic rings. The molecule has 194 valence electrons. The molecule has 9 heteroatoms. The van der Waals surface area contributed by atoms with E-state index in [4.69, 9.17) is 19.6 Å². The molecule has 1 aliphatic carbocycles. The zero-order chi connectivity index (χ0) is 25.7. The third kappa shape index (κ3) is 5.47. The van der Waals surface area contributed by atoms with E-state index < -0.39 is 5.79 Å². The van der Waals surface area contributed by atoms with Crippen LogP contribution in [0.1, 0.15) is 76.1 Å². The van der Waals surface area contributed by atoms with Gasteiger partial charge in [0.05, 0.1) is 6.04 Å². The summed E-state index contributed by atoms with van der Waals surface area (Å²) in [7, 11) is 0. The van der Waals surface area contributed by atoms with Crippen molar-refractivity contribution in [1.82, 2.24) is 35.4 Å². The molecule has 2 heterocycles. The summed E-state index contributed by atoms with van der Waals surface area (Å²) in [6, 6.07) is 17.1. The Morgan fingerprint density at radius 1 is 0.946 bits per heavy atom. The molecule has 0 aliphatic heterocycles. The van der Waals surface area contributed by atoms with Crippen molar-refractivity contribution in [2.75, 3.05) is 13.2 Å². The van der Waals surface area contributed by atoms with Crippen LogP contribution in [0.2, 0.25) is 0 Å². The van der Waals surface area contributed by atoms with Gasteiger partial charge in [-0.25, -0.2) is 14.8 Å². The Labute approximate surface area is 217 Å². The standard InChI is InChI=1S/C28H35N7O2/c1-4-36-28(3,37-5-2)27-29-25(35(32-27)22-11-7-6-8-12-22)19-20-15-17-21(18-16-20)23-13-9-10-14-24(23)26-30-33-34-31-26/h9-10,13-18,22H,4-8,11-12,19H2,1-3H3,(H,30,31,33,34). The molecule has 0 spiro atoms. The van der Waals surface area contributed by atoms with Crippen LogP contribution < -0.4 is 0 Å². The van der Waals surface area contributed by atoms with Gasteiger partial charge in [-0.2, -0.15) is 0 Å². The van der Waals surface area contributed by atoms with Crippen LogP contribution in [0.15, 0.2) is 48.5 Å². The third-order valence-electron chi connectivity index (χ3n) is 7.02. The summed E-state index contributed by atoms with van der Waals surface area (Å²) in [6.07, 6.45) is 6.68. The van der Waals surface area contributed by atoms with Gasteiger partial charge in [0.25, 0.3) is 0 Å². The van der Waals surface area contributed by atoms with Gasteiger partial charge in [-0.3, -0.25) is 0 Å². The summed E-state index contributed by atoms with van der Waals surface area (Å²) >= 11 is 0. The van der Waals surface area contributed by atoms with E-state index >= 15 is 0 Å². The second-order valence-electron chi connectivity index (χ2n) is 9.57. The Bertz CT molecular complexity index is 1270. The first kappa shape index (κ1) is 25.2. The summed E-state index contributed by atoms with van der Waals surface area (Å²) < 4.78 is 14.1. The zero-order valence-electron chi connectivity index (χ0n) is 21.9. The van der Waals surface area contributed by atoms with Gasteiger partial charge in [-0.05, 0) is 60.7 Å². The highest BCUT2D eigenvalue weighted by Crippen LogP contribution is 2.33. The summed E-state index contributed by atoms with van der Waals surface area (Å²) in [5.41, 5.74) is 4.32. The minimum Gasteiger partial charge on any atom is -0.344 e. The molecule has 2 aromatic heterocycles. The van der Waals surface area contributed by atoms with Crippen LogP contribution in [0.25, 0.3) is 22.5 Å². The van der Waals surface area contributed by atoms with Crippen LogP contribution in [0, 0.1) is 0 Å². The number of rotatable bonds is 10. The maximum absolute atomic E-state index is 5.99. The molecule has 9 nitrogen and oxygen atoms in total. The predicted octanol–water partition coefficient (Wildman–Crippen LogP) is 5.47. The van der Waals surface area contributed by atoms with Crippen molar-refractivity contribution in [2.24, 2.45) is 0 Å². The molecule has 0 saturated heterocycles. The van der Waals surface area contributed by atoms with Gasteiger partial charge in [0, 0.05) is 25.2 Å². The molecule has 1 saturated carbocycles. The van der Waals surface area contributed by atoms with E-state index in [0.717, 1.165) is 35.4 Å². The van der Waals surface area contributed by atoms with E-state index in [1.807, 2.05) is 39.0 Å². The van der Waals surface area contributed by atoms with Crippen LogP contribution in [-0.4, -0.2) is 48.6 Å². The highest BCUT2D eigenvalue weighted by molar-refractivity contribution is 5.80. The Morgan fingerprint density at radius 3 is 2.30 bits per heavy atom. The van der Waals surface area contributed by atoms with E-state index in [0.29, 0.717) is 37.3 Å². The number of hydrogen-bond acceptors (Lipinski definition) is 7. The normalized spacial score (nSPS) is 14.8. The second-order valence-corrected chi connectivity index (χ2v) is 9.57. The molecule has 1 N–H and O–H groups in total. The topological polar surface area (TPSA) is 104 Å². The molecule has 0 bridgehead atoms. The molecular formula is C28H35N7O2. The fraction of sp³-hybridized carbons (Fsp3) is 0.464. The minimum absolute atomic E-state index is 0.360. The Kier molecular flexibility index (Phi) is 7.71. The molecule has 0 atom stereocenters. The van der Waals surface area contributed by atoms with Crippen molar-refractivity contribution in [2.45, 2.75) is 71.1 Å². The van der Waals surface area contributed by atoms with E-state index in [1.165, 1.54) is 24.8 Å². The monoisotopic (exact) mass is 501 g/mol. The summed E-state index contributed by atoms with van der Waals surface area (Å²) in [5, 5.41) is 19.4. The Morgan fingerprint density at radius 2 is 1.65 bits per heavy atom. The number of ether oxygens (including phenoxy) is 2. The van der Waals surface area contributed by atoms with Crippen LogP contribution in [0.4, 0.5) is 0 Å². The maximum Gasteiger partial charge on any atom is 0.229 e. The van der Waals surface area contributed by atoms with E-state index in [2.05, 4.69) is 55.6 Å². The van der Waals surface area contributed by atoms with E-state index in [-0.39, 0.29) is 0 Å². The fourth-order valence-corrected chi connectivity index (χ4v) is 5.21. The number of tetrazole rings is 1. The number of nitrogens with one attached hydrogen (secondary N) is 1. The van der Waals surface area contributed by atoms with Gasteiger partial charge in [-0.15, -0.1) is 10.2 Å². The van der Waals surface area contributed by atoms with Crippen LogP contribution in [0.3, 0.4) is 0 Å². The average molecular weight is 502 g/mol. The fourth-order valence-electron chi connectivity index (χ4n) is 5.21. The van der Waals surface area contributed by atoms with Crippen molar-refractivity contribution >= 4 is 0 Å². The summed E-state index contributed by atoms with van der Waals surface area (Å²) in [4.78, 5) is 4.99. The van der Waals surface area contributed by atoms with Gasteiger partial charge in [0.1, 0.15) is 5.82 Å². The molecule has 0 unspecified atom stereocenters. The van der Waals surface area contributed by atoms with Crippen LogP contribution in [0.5, 0.6) is 0 Å². The molecule has 0 amide bonds. The summed E-state index contributed by atoms with van der Waals surface area (Å²) in [6.45, 7) is 6.90. The smallest absolute Gasteiger partial charge is 0.229 e. The van der Waals surface area contributed by atoms with Crippen molar-refractivity contribution in [1.29, 1.82) is 0 Å². The average Bonchev–Trinajstić information content (AvgIpc) is 3.61. The largest absolute Gasteiger partial charge is 0.344 e. The highest BCUT2D eigenvalue weighted by Gasteiger charge is 2.35. The quantitative estimate of drug-likeness (QED) is 0.288. The van der Waals surface area contributed by atoms with Crippen molar-refractivity contribution in [3.8, 4) is 22.5 Å². The lowest BCUT2D eigenvalue weighted by atomic mass is 9.95. The number of aromatic nitrogens is 7. The molecule has 0 radical (unpaired) electrons. The van der Waals surface area contributed by atoms with Gasteiger partial charge in [0.15, 0.2) is 5.82 Å². The second kappa shape index (κ2) is 11.3. The zero-order valence-corrected chi connectivity index (χ0v) is 21.9. The Balaban J connectivity index is 1.44. The van der Waals surface area contributed by atoms with E-state index in [9.17, 15) is 0 Å². The Hall–Kier alpha value is -3.43. The molecular weight excluding hydrogens is 466 g/mol. The molecule has 1 fully saturated rings. The van der Waals surface area contributed by atoms with Crippen LogP contribution in [-0.2, 0) is 21.7 Å². The van der Waals surface area contributed by atoms with Gasteiger partial charge in [0.2, 0.25) is 11.6 Å². The minimum atomic E-state index is -0.957. The van der Waals surface area contributed by atoms with E-state index in [1.54, 1.807) is 0 Å². The van der Waals surface area contributed by atoms with Gasteiger partial charge >= 0.3 is 0 Å². The highest BCUT2D eigenvalue weighted by atomic mass is 16.7. The molecule has 2 aromatic carbocycles. The lowest BCUT2D eigenvalue weighted by Gasteiger charge is -2.26. The lowest BCUT2D eigenvalue weighted by Crippen LogP contribution is -2.31. The summed E-state index contributed by atoms with van der Waals surface area (Å²) in [5.74, 6) is 1.25. The predicted molar refractivity (Wildman–Crippen MR) is 141 cm³/mol. The van der Waals surface area contributed by atoms with Crippen LogP contribution >= 0.6 is 0 Å². The molecule has 37 heavy (non-hydrogen) atoms. The first-order valence-corrected chi connectivity index (χ1v) is 13.3. The SMILES string of the molecule is CCOC(C)(OCC)c1nc(Cc2ccc(-c3ccccc3-c3nnn[nH]3)cc2)n(C2CCCCC2)n1. The third-order valence-corrected chi connectivity index (χ3v) is 7.02. The number of hydrogen-bond donors (Lipinski definition) is 1. The maximum atomic E-state index is 5.99.